The van der Waals surface area contributed by atoms with Gasteiger partial charge in [-0.05, 0) is 122 Å². The van der Waals surface area contributed by atoms with Crippen LogP contribution in [0.4, 0.5) is 0 Å². The normalized spacial score (nSPS) is 13.2. The molecule has 0 aromatic rings. The Bertz CT molecular complexity index is 1810. The summed E-state index contributed by atoms with van der Waals surface area (Å²) in [6.45, 7) is 6.21. The molecule has 6 heteroatoms. The van der Waals surface area contributed by atoms with Gasteiger partial charge in [0, 0.05) is 12.8 Å². The Morgan fingerprint density at radius 2 is 0.494 bits per heavy atom. The number of carbonyl (C=O) groups is 3. The molecule has 0 spiro atoms. The van der Waals surface area contributed by atoms with Gasteiger partial charge in [-0.3, -0.25) is 14.4 Å². The summed E-state index contributed by atoms with van der Waals surface area (Å²) in [7, 11) is 0. The fourth-order valence-electron chi connectivity index (χ4n) is 8.73. The van der Waals surface area contributed by atoms with E-state index >= 15 is 0 Å². The maximum Gasteiger partial charge on any atom is 0.309 e. The van der Waals surface area contributed by atoms with Crippen molar-refractivity contribution in [1.82, 2.24) is 0 Å². The van der Waals surface area contributed by atoms with Crippen LogP contribution in [-0.2, 0) is 28.6 Å². The summed E-state index contributed by atoms with van der Waals surface area (Å²) in [6.07, 6.45) is 98.6. The van der Waals surface area contributed by atoms with Crippen molar-refractivity contribution in [2.24, 2.45) is 0 Å². The van der Waals surface area contributed by atoms with Crippen LogP contribution in [0.1, 0.15) is 278 Å². The summed E-state index contributed by atoms with van der Waals surface area (Å²) in [6, 6.07) is 0. The zero-order valence-electron chi connectivity index (χ0n) is 52.2. The molecule has 0 aliphatic heterocycles. The molecule has 81 heavy (non-hydrogen) atoms. The van der Waals surface area contributed by atoms with E-state index in [4.69, 9.17) is 14.2 Å². The van der Waals surface area contributed by atoms with E-state index in [0.29, 0.717) is 12.8 Å². The largest absolute Gasteiger partial charge is 0.462 e. The Balaban J connectivity index is 4.33. The first-order chi connectivity index (χ1) is 40.0. The first kappa shape index (κ1) is 76.0. The third-order valence-electron chi connectivity index (χ3n) is 13.5. The number of unbranched alkanes of at least 4 members (excludes halogenated alkanes) is 22. The lowest BCUT2D eigenvalue weighted by Gasteiger charge is -2.18. The highest BCUT2D eigenvalue weighted by Crippen LogP contribution is 2.16. The predicted octanol–water partition coefficient (Wildman–Crippen LogP) is 22.9. The van der Waals surface area contributed by atoms with Crippen molar-refractivity contribution in [3.05, 3.63) is 158 Å². The SMILES string of the molecule is CC/C=C\C/C=C\C/C=C\C/C=C\C/C=C\CCCCCCCCCCCCCCCCCC(=O)OCC(COC(=O)C/C=C\C/C=C\C/C=C\C/C=C\C/C=C\CC)OC(=O)CCCCCCCCC/C=C\C/C=C\C/C=C\CC. The first-order valence-corrected chi connectivity index (χ1v) is 33.0. The molecule has 0 N–H and O–H groups in total. The fourth-order valence-corrected chi connectivity index (χ4v) is 8.73. The molecule has 0 aromatic carbocycles. The minimum atomic E-state index is -0.831. The van der Waals surface area contributed by atoms with E-state index in [1.54, 1.807) is 6.08 Å². The highest BCUT2D eigenvalue weighted by molar-refractivity contribution is 5.72. The molecular weight excluding hydrogens is 997 g/mol. The van der Waals surface area contributed by atoms with E-state index < -0.39 is 12.1 Å². The Hall–Kier alpha value is -4.97. The van der Waals surface area contributed by atoms with Crippen molar-refractivity contribution in [2.75, 3.05) is 13.2 Å². The van der Waals surface area contributed by atoms with Gasteiger partial charge < -0.3 is 14.2 Å². The number of hydrogen-bond acceptors (Lipinski definition) is 6. The number of hydrogen-bond donors (Lipinski definition) is 0. The van der Waals surface area contributed by atoms with Gasteiger partial charge >= 0.3 is 17.9 Å². The van der Waals surface area contributed by atoms with Crippen LogP contribution < -0.4 is 0 Å². The molecule has 456 valence electrons. The summed E-state index contributed by atoms with van der Waals surface area (Å²) < 4.78 is 16.8. The second-order valence-electron chi connectivity index (χ2n) is 21.2. The molecule has 0 radical (unpaired) electrons. The van der Waals surface area contributed by atoms with Crippen LogP contribution in [-0.4, -0.2) is 37.2 Å². The third-order valence-corrected chi connectivity index (χ3v) is 13.5. The zero-order chi connectivity index (χ0) is 58.5. The summed E-state index contributed by atoms with van der Waals surface area (Å²) in [5, 5.41) is 0. The van der Waals surface area contributed by atoms with Crippen molar-refractivity contribution < 1.29 is 28.6 Å². The number of ether oxygens (including phenoxy) is 3. The van der Waals surface area contributed by atoms with Gasteiger partial charge in [0.15, 0.2) is 6.10 Å². The number of rotatable bonds is 58. The van der Waals surface area contributed by atoms with Crippen LogP contribution in [0, 0.1) is 0 Å². The number of carbonyl (C=O) groups excluding carboxylic acids is 3. The molecule has 6 nitrogen and oxygen atoms in total. The monoisotopic (exact) mass is 1120 g/mol. The third kappa shape index (κ3) is 65.7. The average Bonchev–Trinajstić information content (AvgIpc) is 3.47. The lowest BCUT2D eigenvalue weighted by atomic mass is 10.0. The smallest absolute Gasteiger partial charge is 0.309 e. The molecule has 0 bridgehead atoms. The van der Waals surface area contributed by atoms with Gasteiger partial charge in [-0.25, -0.2) is 0 Å². The molecule has 0 aliphatic rings. The van der Waals surface area contributed by atoms with E-state index in [2.05, 4.69) is 167 Å². The molecule has 0 fully saturated rings. The Kier molecular flexibility index (Phi) is 63.4. The molecule has 0 aromatic heterocycles. The molecule has 0 amide bonds. The Labute approximate surface area is 499 Å². The van der Waals surface area contributed by atoms with Crippen molar-refractivity contribution >= 4 is 17.9 Å². The lowest BCUT2D eigenvalue weighted by molar-refractivity contribution is -0.166. The van der Waals surface area contributed by atoms with Gasteiger partial charge in [0.1, 0.15) is 13.2 Å². The topological polar surface area (TPSA) is 78.9 Å². The molecule has 0 rings (SSSR count). The van der Waals surface area contributed by atoms with E-state index in [-0.39, 0.29) is 31.6 Å². The van der Waals surface area contributed by atoms with Crippen LogP contribution >= 0.6 is 0 Å². The summed E-state index contributed by atoms with van der Waals surface area (Å²) in [5.74, 6) is -1.06. The predicted molar refractivity (Wildman–Crippen MR) is 352 cm³/mol. The minimum Gasteiger partial charge on any atom is -0.462 e. The van der Waals surface area contributed by atoms with Crippen LogP contribution in [0.25, 0.3) is 0 Å². The van der Waals surface area contributed by atoms with E-state index in [1.807, 2.05) is 6.08 Å². The fraction of sp³-hybridized carbons (Fsp3) is 0.613. The lowest BCUT2D eigenvalue weighted by Crippen LogP contribution is -2.30. The zero-order valence-corrected chi connectivity index (χ0v) is 52.2. The molecular formula is C75H120O6. The van der Waals surface area contributed by atoms with Crippen LogP contribution in [0.15, 0.2) is 158 Å². The minimum absolute atomic E-state index is 0.117. The molecule has 1 unspecified atom stereocenters. The summed E-state index contributed by atoms with van der Waals surface area (Å²) in [5.41, 5.74) is 0. The van der Waals surface area contributed by atoms with Crippen LogP contribution in [0.3, 0.4) is 0 Å². The highest BCUT2D eigenvalue weighted by atomic mass is 16.6. The second kappa shape index (κ2) is 67.5. The van der Waals surface area contributed by atoms with E-state index in [9.17, 15) is 14.4 Å². The van der Waals surface area contributed by atoms with Gasteiger partial charge in [-0.2, -0.15) is 0 Å². The maximum atomic E-state index is 12.9. The van der Waals surface area contributed by atoms with Crippen molar-refractivity contribution in [1.29, 1.82) is 0 Å². The number of allylic oxidation sites excluding steroid dienone is 25. The average molecular weight is 1120 g/mol. The van der Waals surface area contributed by atoms with E-state index in [1.165, 1.54) is 103 Å². The number of esters is 3. The maximum absolute atomic E-state index is 12.9. The first-order valence-electron chi connectivity index (χ1n) is 33.0. The van der Waals surface area contributed by atoms with Crippen LogP contribution in [0.5, 0.6) is 0 Å². The molecule has 1 atom stereocenters. The Morgan fingerprint density at radius 3 is 0.802 bits per heavy atom. The Morgan fingerprint density at radius 1 is 0.259 bits per heavy atom. The van der Waals surface area contributed by atoms with Crippen molar-refractivity contribution in [3.8, 4) is 0 Å². The second-order valence-corrected chi connectivity index (χ2v) is 21.2. The highest BCUT2D eigenvalue weighted by Gasteiger charge is 2.19. The standard InChI is InChI=1S/C75H120O6/c1-4-7-10-13-16-19-22-25-28-30-31-32-33-34-35-36-37-38-39-40-41-42-43-45-47-50-53-56-59-62-65-68-74(77)80-71-72(70-79-73(76)67-64-61-58-55-52-49-46-27-24-21-18-15-12-9-6-3)81-75(78)69-66-63-60-57-54-51-48-44-29-26-23-20-17-14-11-8-5-2/h7-12,16-21,25-29,31-32,34-35,46,52,55,61,64,72H,4-6,13-15,22-24,30,33,36-45,47-51,53-54,56-60,62-63,65-71H2,1-3H3/b10-7-,11-8-,12-9-,19-16-,20-17-,21-18-,28-25-,29-26-,32-31-,35-34-,46-27-,55-52-,64-61-. The summed E-state index contributed by atoms with van der Waals surface area (Å²) >= 11 is 0. The quantitative estimate of drug-likeness (QED) is 0.0261. The van der Waals surface area contributed by atoms with Gasteiger partial charge in [0.25, 0.3) is 0 Å². The molecule has 0 saturated carbocycles. The van der Waals surface area contributed by atoms with Crippen LogP contribution in [0.2, 0.25) is 0 Å². The van der Waals surface area contributed by atoms with Gasteiger partial charge in [0.05, 0.1) is 6.42 Å². The molecule has 0 heterocycles. The van der Waals surface area contributed by atoms with Crippen molar-refractivity contribution in [3.63, 3.8) is 0 Å². The van der Waals surface area contributed by atoms with Gasteiger partial charge in [-0.15, -0.1) is 0 Å². The molecule has 0 aliphatic carbocycles. The van der Waals surface area contributed by atoms with Gasteiger partial charge in [0.2, 0.25) is 0 Å². The van der Waals surface area contributed by atoms with Gasteiger partial charge in [-0.1, -0.05) is 294 Å². The van der Waals surface area contributed by atoms with Crippen molar-refractivity contribution in [2.45, 2.75) is 284 Å². The van der Waals surface area contributed by atoms with E-state index in [0.717, 1.165) is 135 Å². The molecule has 0 saturated heterocycles. The summed E-state index contributed by atoms with van der Waals surface area (Å²) in [4.78, 5) is 38.3.